The molecule has 1 unspecified atom stereocenters. The highest BCUT2D eigenvalue weighted by Gasteiger charge is 2.13. The number of nitrogens with zero attached hydrogens (tertiary/aromatic N) is 2. The Kier molecular flexibility index (Phi) is 3.20. The summed E-state index contributed by atoms with van der Waals surface area (Å²) < 4.78 is 0. The van der Waals surface area contributed by atoms with Gasteiger partial charge in [-0.25, -0.2) is 0 Å². The number of nitrogens with two attached hydrogens (primary N) is 1. The molecule has 3 aromatic rings. The van der Waals surface area contributed by atoms with E-state index >= 15 is 0 Å². The Morgan fingerprint density at radius 2 is 1.75 bits per heavy atom. The average Bonchev–Trinajstić information content (AvgIpc) is 2.45. The van der Waals surface area contributed by atoms with E-state index in [0.29, 0.717) is 0 Å². The van der Waals surface area contributed by atoms with Gasteiger partial charge in [0, 0.05) is 23.0 Å². The number of benzene rings is 1. The Morgan fingerprint density at radius 3 is 2.50 bits per heavy atom. The molecule has 2 N–H and O–H groups in total. The first-order chi connectivity index (χ1) is 9.65. The van der Waals surface area contributed by atoms with Crippen LogP contribution in [0.4, 0.5) is 0 Å². The van der Waals surface area contributed by atoms with E-state index < -0.39 is 0 Å². The standard InChI is InChI=1S/C17H17N3/c1-11-9-13(10-12(2)20-11)17(18)15-5-3-7-16-14(15)6-4-8-19-16/h3-10,17H,18H2,1-2H3. The molecule has 0 aliphatic rings. The van der Waals surface area contributed by atoms with Gasteiger partial charge in [0.05, 0.1) is 11.6 Å². The number of pyridine rings is 2. The van der Waals surface area contributed by atoms with Gasteiger partial charge in [-0.2, -0.15) is 0 Å². The molecule has 0 radical (unpaired) electrons. The van der Waals surface area contributed by atoms with Crippen LogP contribution in [-0.4, -0.2) is 9.97 Å². The smallest absolute Gasteiger partial charge is 0.0705 e. The normalized spacial score (nSPS) is 12.6. The zero-order valence-electron chi connectivity index (χ0n) is 11.7. The average molecular weight is 263 g/mol. The van der Waals surface area contributed by atoms with E-state index in [-0.39, 0.29) is 6.04 Å². The molecule has 0 aliphatic carbocycles. The van der Waals surface area contributed by atoms with Gasteiger partial charge < -0.3 is 5.73 Å². The molecule has 0 saturated heterocycles. The van der Waals surface area contributed by atoms with Crippen LogP contribution in [0.5, 0.6) is 0 Å². The summed E-state index contributed by atoms with van der Waals surface area (Å²) in [4.78, 5) is 8.79. The molecule has 0 bridgehead atoms. The first-order valence-corrected chi connectivity index (χ1v) is 6.69. The van der Waals surface area contributed by atoms with Crippen LogP contribution in [0.1, 0.15) is 28.6 Å². The largest absolute Gasteiger partial charge is 0.320 e. The van der Waals surface area contributed by atoms with Crippen molar-refractivity contribution in [3.63, 3.8) is 0 Å². The Labute approximate surface area is 118 Å². The first kappa shape index (κ1) is 12.8. The van der Waals surface area contributed by atoms with Crippen molar-refractivity contribution in [3.05, 3.63) is 71.2 Å². The fourth-order valence-electron chi connectivity index (χ4n) is 2.62. The predicted octanol–water partition coefficient (Wildman–Crippen LogP) is 3.29. The van der Waals surface area contributed by atoms with E-state index in [1.54, 1.807) is 6.20 Å². The fourth-order valence-corrected chi connectivity index (χ4v) is 2.62. The number of hydrogen-bond donors (Lipinski definition) is 1. The molecular formula is C17H17N3. The van der Waals surface area contributed by atoms with Crippen molar-refractivity contribution in [1.29, 1.82) is 0 Å². The Morgan fingerprint density at radius 1 is 1.00 bits per heavy atom. The highest BCUT2D eigenvalue weighted by molar-refractivity contribution is 5.82. The number of hydrogen-bond acceptors (Lipinski definition) is 3. The van der Waals surface area contributed by atoms with Crippen LogP contribution in [0.25, 0.3) is 10.9 Å². The van der Waals surface area contributed by atoms with E-state index in [1.807, 2.05) is 44.2 Å². The number of fused-ring (bicyclic) bond motifs is 1. The first-order valence-electron chi connectivity index (χ1n) is 6.69. The third-order valence-corrected chi connectivity index (χ3v) is 3.48. The molecule has 0 aliphatic heterocycles. The molecule has 0 spiro atoms. The van der Waals surface area contributed by atoms with E-state index in [2.05, 4.69) is 22.1 Å². The molecule has 0 amide bonds. The molecule has 20 heavy (non-hydrogen) atoms. The van der Waals surface area contributed by atoms with E-state index in [0.717, 1.165) is 33.4 Å². The van der Waals surface area contributed by atoms with Crippen molar-refractivity contribution in [2.45, 2.75) is 19.9 Å². The summed E-state index contributed by atoms with van der Waals surface area (Å²) in [5, 5.41) is 1.11. The molecule has 100 valence electrons. The van der Waals surface area contributed by atoms with Crippen molar-refractivity contribution in [2.75, 3.05) is 0 Å². The van der Waals surface area contributed by atoms with Crippen molar-refractivity contribution < 1.29 is 0 Å². The maximum atomic E-state index is 6.46. The quantitative estimate of drug-likeness (QED) is 0.771. The SMILES string of the molecule is Cc1cc(C(N)c2cccc3ncccc23)cc(C)n1. The van der Waals surface area contributed by atoms with Gasteiger partial charge in [-0.3, -0.25) is 9.97 Å². The van der Waals surface area contributed by atoms with E-state index in [9.17, 15) is 0 Å². The number of aromatic nitrogens is 2. The third-order valence-electron chi connectivity index (χ3n) is 3.48. The Bertz CT molecular complexity index is 740. The molecule has 0 saturated carbocycles. The second-order valence-electron chi connectivity index (χ2n) is 5.08. The van der Waals surface area contributed by atoms with E-state index in [1.165, 1.54) is 0 Å². The number of rotatable bonds is 2. The zero-order valence-corrected chi connectivity index (χ0v) is 11.7. The summed E-state index contributed by atoms with van der Waals surface area (Å²) in [6, 6.07) is 14.0. The highest BCUT2D eigenvalue weighted by Crippen LogP contribution is 2.26. The Hall–Kier alpha value is -2.26. The summed E-state index contributed by atoms with van der Waals surface area (Å²) in [6.45, 7) is 3.99. The minimum atomic E-state index is -0.164. The predicted molar refractivity (Wildman–Crippen MR) is 81.5 cm³/mol. The molecule has 0 fully saturated rings. The lowest BCUT2D eigenvalue weighted by atomic mass is 9.95. The molecular weight excluding hydrogens is 246 g/mol. The van der Waals surface area contributed by atoms with Crippen LogP contribution < -0.4 is 5.73 Å². The van der Waals surface area contributed by atoms with Crippen LogP contribution in [0.15, 0.2) is 48.7 Å². The van der Waals surface area contributed by atoms with Gasteiger partial charge in [-0.1, -0.05) is 18.2 Å². The lowest BCUT2D eigenvalue weighted by Gasteiger charge is -2.16. The van der Waals surface area contributed by atoms with Crippen LogP contribution in [0.3, 0.4) is 0 Å². The van der Waals surface area contributed by atoms with Crippen molar-refractivity contribution in [1.82, 2.24) is 9.97 Å². The molecule has 2 aromatic heterocycles. The maximum absolute atomic E-state index is 6.46. The monoisotopic (exact) mass is 263 g/mol. The summed E-state index contributed by atoms with van der Waals surface area (Å²) in [7, 11) is 0. The lowest BCUT2D eigenvalue weighted by molar-refractivity contribution is 0.867. The zero-order chi connectivity index (χ0) is 14.1. The van der Waals surface area contributed by atoms with Crippen LogP contribution in [-0.2, 0) is 0 Å². The lowest BCUT2D eigenvalue weighted by Crippen LogP contribution is -2.13. The topological polar surface area (TPSA) is 51.8 Å². The minimum absolute atomic E-state index is 0.164. The van der Waals surface area contributed by atoms with Crippen LogP contribution >= 0.6 is 0 Å². The summed E-state index contributed by atoms with van der Waals surface area (Å²) in [5.74, 6) is 0. The molecule has 3 heteroatoms. The van der Waals surface area contributed by atoms with E-state index in [4.69, 9.17) is 5.73 Å². The van der Waals surface area contributed by atoms with Gasteiger partial charge in [0.2, 0.25) is 0 Å². The maximum Gasteiger partial charge on any atom is 0.0705 e. The second kappa shape index (κ2) is 5.02. The highest BCUT2D eigenvalue weighted by atomic mass is 14.7. The van der Waals surface area contributed by atoms with Crippen molar-refractivity contribution in [2.24, 2.45) is 5.73 Å². The van der Waals surface area contributed by atoms with Crippen molar-refractivity contribution >= 4 is 10.9 Å². The van der Waals surface area contributed by atoms with Gasteiger partial charge in [0.1, 0.15) is 0 Å². The molecule has 3 rings (SSSR count). The molecule has 1 aromatic carbocycles. The van der Waals surface area contributed by atoms with Crippen molar-refractivity contribution in [3.8, 4) is 0 Å². The summed E-state index contributed by atoms with van der Waals surface area (Å²) in [6.07, 6.45) is 1.80. The van der Waals surface area contributed by atoms with Gasteiger partial charge in [-0.15, -0.1) is 0 Å². The third kappa shape index (κ3) is 2.28. The molecule has 2 heterocycles. The Balaban J connectivity index is 2.15. The molecule has 3 nitrogen and oxygen atoms in total. The van der Waals surface area contributed by atoms with Crippen LogP contribution in [0.2, 0.25) is 0 Å². The van der Waals surface area contributed by atoms with Gasteiger partial charge in [0.25, 0.3) is 0 Å². The number of aryl methyl sites for hydroxylation is 2. The van der Waals surface area contributed by atoms with Gasteiger partial charge in [0.15, 0.2) is 0 Å². The second-order valence-corrected chi connectivity index (χ2v) is 5.08. The van der Waals surface area contributed by atoms with Gasteiger partial charge >= 0.3 is 0 Å². The van der Waals surface area contributed by atoms with Crippen LogP contribution in [0, 0.1) is 13.8 Å². The van der Waals surface area contributed by atoms with Gasteiger partial charge in [-0.05, 0) is 49.2 Å². The summed E-state index contributed by atoms with van der Waals surface area (Å²) >= 11 is 0. The minimum Gasteiger partial charge on any atom is -0.320 e. The summed E-state index contributed by atoms with van der Waals surface area (Å²) in [5.41, 5.74) is 11.6. The molecule has 1 atom stereocenters. The fraction of sp³-hybridized carbons (Fsp3) is 0.176.